The molecule has 1 fully saturated rings. The van der Waals surface area contributed by atoms with Crippen molar-refractivity contribution in [3.05, 3.63) is 113 Å². The van der Waals surface area contributed by atoms with Crippen molar-refractivity contribution in [2.45, 2.75) is 32.5 Å². The molecule has 0 radical (unpaired) electrons. The summed E-state index contributed by atoms with van der Waals surface area (Å²) in [5, 5.41) is 4.32. The molecule has 0 saturated carbocycles. The first-order valence-electron chi connectivity index (χ1n) is 11.4. The van der Waals surface area contributed by atoms with E-state index in [2.05, 4.69) is 82.1 Å². The number of nitrogens with one attached hydrogen (secondary N) is 1. The Morgan fingerprint density at radius 3 is 2.38 bits per heavy atom. The highest BCUT2D eigenvalue weighted by Gasteiger charge is 2.41. The molecule has 2 aromatic heterocycles. The molecule has 2 aromatic carbocycles. The Labute approximate surface area is 206 Å². The zero-order chi connectivity index (χ0) is 23.7. The molecule has 5 nitrogen and oxygen atoms in total. The number of aromatic nitrogens is 2. The lowest BCUT2D eigenvalue weighted by molar-refractivity contribution is 0.310. The van der Waals surface area contributed by atoms with Crippen LogP contribution in [0.5, 0.6) is 5.75 Å². The van der Waals surface area contributed by atoms with Crippen LogP contribution < -0.4 is 10.1 Å². The fraction of sp³-hybridized carbons (Fsp3) is 0.214. The second-order valence-electron chi connectivity index (χ2n) is 8.60. The third-order valence-corrected chi connectivity index (χ3v) is 6.87. The highest BCUT2D eigenvalue weighted by atomic mass is 32.1. The van der Waals surface area contributed by atoms with E-state index in [1.807, 2.05) is 36.5 Å². The van der Waals surface area contributed by atoms with Crippen molar-refractivity contribution >= 4 is 17.3 Å². The lowest BCUT2D eigenvalue weighted by atomic mass is 9.96. The van der Waals surface area contributed by atoms with E-state index < -0.39 is 0 Å². The summed E-state index contributed by atoms with van der Waals surface area (Å²) in [6.45, 7) is 5.07. The van der Waals surface area contributed by atoms with Crippen LogP contribution in [-0.2, 0) is 6.54 Å². The maximum atomic E-state index is 5.86. The Hall–Kier alpha value is -3.64. The Morgan fingerprint density at radius 1 is 0.971 bits per heavy atom. The van der Waals surface area contributed by atoms with Crippen LogP contribution in [0.3, 0.4) is 0 Å². The van der Waals surface area contributed by atoms with Gasteiger partial charge in [0.15, 0.2) is 5.11 Å². The zero-order valence-electron chi connectivity index (χ0n) is 19.6. The molecule has 5 rings (SSSR count). The highest BCUT2D eigenvalue weighted by Crippen LogP contribution is 2.42. The third-order valence-electron chi connectivity index (χ3n) is 6.51. The Bertz CT molecular complexity index is 1290. The van der Waals surface area contributed by atoms with Crippen molar-refractivity contribution in [2.24, 2.45) is 0 Å². The molecule has 0 spiro atoms. The minimum absolute atomic E-state index is 0.0146. The predicted molar refractivity (Wildman–Crippen MR) is 139 cm³/mol. The van der Waals surface area contributed by atoms with Crippen molar-refractivity contribution < 1.29 is 4.74 Å². The van der Waals surface area contributed by atoms with Gasteiger partial charge in [-0.3, -0.25) is 4.98 Å². The summed E-state index contributed by atoms with van der Waals surface area (Å²) in [6, 6.07) is 27.0. The van der Waals surface area contributed by atoms with Crippen molar-refractivity contribution in [1.82, 2.24) is 19.8 Å². The molecule has 0 unspecified atom stereocenters. The quantitative estimate of drug-likeness (QED) is 0.369. The molecule has 0 aliphatic carbocycles. The van der Waals surface area contributed by atoms with Crippen LogP contribution in [0, 0.1) is 13.8 Å². The summed E-state index contributed by atoms with van der Waals surface area (Å²) >= 11 is 5.86. The number of hydrogen-bond donors (Lipinski definition) is 1. The van der Waals surface area contributed by atoms with Gasteiger partial charge in [0.1, 0.15) is 5.75 Å². The van der Waals surface area contributed by atoms with Gasteiger partial charge in [0.05, 0.1) is 24.9 Å². The van der Waals surface area contributed by atoms with Gasteiger partial charge >= 0.3 is 0 Å². The molecule has 6 heteroatoms. The summed E-state index contributed by atoms with van der Waals surface area (Å²) in [6.07, 6.45) is 1.84. The fourth-order valence-electron chi connectivity index (χ4n) is 4.91. The number of pyridine rings is 1. The highest BCUT2D eigenvalue weighted by molar-refractivity contribution is 7.80. The first kappa shape index (κ1) is 22.2. The molecular formula is C28H28N4OS. The molecule has 34 heavy (non-hydrogen) atoms. The third kappa shape index (κ3) is 4.05. The van der Waals surface area contributed by atoms with E-state index in [-0.39, 0.29) is 12.1 Å². The van der Waals surface area contributed by atoms with E-state index >= 15 is 0 Å². The number of aryl methyl sites for hydroxylation is 1. The van der Waals surface area contributed by atoms with Gasteiger partial charge in [-0.15, -0.1) is 0 Å². The van der Waals surface area contributed by atoms with Crippen molar-refractivity contribution in [2.75, 3.05) is 7.11 Å². The molecule has 3 heterocycles. The number of methoxy groups -OCH3 is 1. The lowest BCUT2D eigenvalue weighted by Gasteiger charge is -2.28. The topological polar surface area (TPSA) is 42.3 Å². The van der Waals surface area contributed by atoms with Gasteiger partial charge in [-0.1, -0.05) is 36.4 Å². The van der Waals surface area contributed by atoms with E-state index in [0.29, 0.717) is 0 Å². The molecule has 1 aliphatic rings. The van der Waals surface area contributed by atoms with E-state index in [9.17, 15) is 0 Å². The Balaban J connectivity index is 1.60. The van der Waals surface area contributed by atoms with Crippen molar-refractivity contribution in [1.29, 1.82) is 0 Å². The lowest BCUT2D eigenvalue weighted by Crippen LogP contribution is -2.29. The molecule has 0 bridgehead atoms. The molecule has 1 saturated heterocycles. The van der Waals surface area contributed by atoms with Crippen LogP contribution in [0.2, 0.25) is 0 Å². The standard InChI is InChI=1S/C28H28N4OS/c1-19-17-24(20(2)32(19)22-12-14-23(33-3)15-13-22)27-26(25-11-7-8-16-29-25)30-28(34)31(27)18-21-9-5-4-6-10-21/h4-17,26-27H,18H2,1-3H3,(H,30,34)/t26-,27-/m0/s1. The second kappa shape index (κ2) is 9.31. The Morgan fingerprint density at radius 2 is 1.71 bits per heavy atom. The van der Waals surface area contributed by atoms with Crippen LogP contribution >= 0.6 is 12.2 Å². The van der Waals surface area contributed by atoms with Crippen LogP contribution in [0.1, 0.15) is 40.3 Å². The van der Waals surface area contributed by atoms with Crippen LogP contribution in [0.15, 0.2) is 85.1 Å². The van der Waals surface area contributed by atoms with Crippen molar-refractivity contribution in [3.63, 3.8) is 0 Å². The summed E-state index contributed by atoms with van der Waals surface area (Å²) in [5.41, 5.74) is 6.93. The van der Waals surface area contributed by atoms with Crippen LogP contribution in [0.4, 0.5) is 0 Å². The molecule has 172 valence electrons. The second-order valence-corrected chi connectivity index (χ2v) is 8.99. The molecule has 1 aliphatic heterocycles. The maximum Gasteiger partial charge on any atom is 0.170 e. The first-order valence-corrected chi connectivity index (χ1v) is 11.8. The van der Waals surface area contributed by atoms with E-state index in [0.717, 1.165) is 28.8 Å². The average Bonchev–Trinajstić information content (AvgIpc) is 3.35. The maximum absolute atomic E-state index is 5.86. The molecule has 0 amide bonds. The number of nitrogens with zero attached hydrogens (tertiary/aromatic N) is 3. The molecular weight excluding hydrogens is 440 g/mol. The Kier molecular flexibility index (Phi) is 6.07. The van der Waals surface area contributed by atoms with Gasteiger partial charge in [-0.25, -0.2) is 0 Å². The van der Waals surface area contributed by atoms with E-state index in [1.165, 1.54) is 22.5 Å². The number of rotatable bonds is 6. The van der Waals surface area contributed by atoms with E-state index in [1.54, 1.807) is 7.11 Å². The van der Waals surface area contributed by atoms with Gasteiger partial charge in [0, 0.05) is 29.8 Å². The van der Waals surface area contributed by atoms with Gasteiger partial charge in [0.2, 0.25) is 0 Å². The van der Waals surface area contributed by atoms with Crippen molar-refractivity contribution in [3.8, 4) is 11.4 Å². The molecule has 1 N–H and O–H groups in total. The van der Waals surface area contributed by atoms with Crippen LogP contribution in [-0.4, -0.2) is 26.7 Å². The van der Waals surface area contributed by atoms with E-state index in [4.69, 9.17) is 17.0 Å². The first-order chi connectivity index (χ1) is 16.6. The average molecular weight is 469 g/mol. The summed E-state index contributed by atoms with van der Waals surface area (Å²) in [5.74, 6) is 0.848. The monoisotopic (exact) mass is 468 g/mol. The molecule has 4 aromatic rings. The fourth-order valence-corrected chi connectivity index (χ4v) is 5.22. The van der Waals surface area contributed by atoms with Gasteiger partial charge in [-0.05, 0) is 79.7 Å². The number of benzene rings is 2. The summed E-state index contributed by atoms with van der Waals surface area (Å²) in [7, 11) is 1.69. The van der Waals surface area contributed by atoms with Gasteiger partial charge < -0.3 is 19.5 Å². The SMILES string of the molecule is COc1ccc(-n2c(C)cc([C@H]3[C@H](c4ccccn4)NC(=S)N3Cc3ccccc3)c2C)cc1. The summed E-state index contributed by atoms with van der Waals surface area (Å²) in [4.78, 5) is 6.97. The predicted octanol–water partition coefficient (Wildman–Crippen LogP) is 5.67. The zero-order valence-corrected chi connectivity index (χ0v) is 20.4. The number of ether oxygens (including phenoxy) is 1. The van der Waals surface area contributed by atoms with Crippen LogP contribution in [0.25, 0.3) is 5.69 Å². The normalized spacial score (nSPS) is 17.6. The number of hydrogen-bond acceptors (Lipinski definition) is 3. The molecule has 2 atom stereocenters. The minimum atomic E-state index is -0.0396. The smallest absolute Gasteiger partial charge is 0.170 e. The van der Waals surface area contributed by atoms with Gasteiger partial charge in [0.25, 0.3) is 0 Å². The largest absolute Gasteiger partial charge is 0.497 e. The van der Waals surface area contributed by atoms with Gasteiger partial charge in [-0.2, -0.15) is 0 Å². The minimum Gasteiger partial charge on any atom is -0.497 e. The number of thiocarbonyl (C=S) groups is 1. The summed E-state index contributed by atoms with van der Waals surface area (Å²) < 4.78 is 7.65.